The van der Waals surface area contributed by atoms with Gasteiger partial charge in [0.15, 0.2) is 0 Å². The van der Waals surface area contributed by atoms with Crippen molar-refractivity contribution in [2.45, 2.75) is 12.8 Å². The van der Waals surface area contributed by atoms with Crippen LogP contribution in [0, 0.1) is 5.92 Å². The van der Waals surface area contributed by atoms with Gasteiger partial charge in [-0.25, -0.2) is 0 Å². The van der Waals surface area contributed by atoms with E-state index in [4.69, 9.17) is 16.3 Å². The lowest BCUT2D eigenvalue weighted by molar-refractivity contribution is 0.0698. The van der Waals surface area contributed by atoms with Gasteiger partial charge in [0.25, 0.3) is 5.91 Å². The number of carbonyl (C=O) groups is 1. The molecule has 3 nitrogen and oxygen atoms in total. The second-order valence-electron chi connectivity index (χ2n) is 4.62. The monoisotopic (exact) mass is 267 g/mol. The molecule has 1 aliphatic heterocycles. The number of hydrogen-bond acceptors (Lipinski definition) is 2. The summed E-state index contributed by atoms with van der Waals surface area (Å²) in [6, 6.07) is 7.31. The van der Waals surface area contributed by atoms with E-state index < -0.39 is 0 Å². The number of halogens is 1. The van der Waals surface area contributed by atoms with Crippen molar-refractivity contribution in [3.63, 3.8) is 0 Å². The number of piperidine rings is 1. The summed E-state index contributed by atoms with van der Waals surface area (Å²) in [6.07, 6.45) is 2.00. The summed E-state index contributed by atoms with van der Waals surface area (Å²) < 4.78 is 5.14. The highest BCUT2D eigenvalue weighted by molar-refractivity contribution is 6.18. The average molecular weight is 268 g/mol. The highest BCUT2D eigenvalue weighted by atomic mass is 35.5. The highest BCUT2D eigenvalue weighted by Gasteiger charge is 2.23. The number of likely N-dealkylation sites (tertiary alicyclic amines) is 1. The van der Waals surface area contributed by atoms with Gasteiger partial charge in [-0.15, -0.1) is 11.6 Å². The van der Waals surface area contributed by atoms with Crippen LogP contribution in [0.1, 0.15) is 23.2 Å². The van der Waals surface area contributed by atoms with Gasteiger partial charge in [0.05, 0.1) is 7.11 Å². The van der Waals surface area contributed by atoms with E-state index in [1.54, 1.807) is 13.2 Å². The smallest absolute Gasteiger partial charge is 0.253 e. The second-order valence-corrected chi connectivity index (χ2v) is 4.93. The maximum absolute atomic E-state index is 12.3. The lowest BCUT2D eigenvalue weighted by atomic mass is 9.98. The molecule has 98 valence electrons. The summed E-state index contributed by atoms with van der Waals surface area (Å²) in [5, 5.41) is 0. The molecule has 0 N–H and O–H groups in total. The first-order chi connectivity index (χ1) is 8.74. The van der Waals surface area contributed by atoms with Crippen LogP contribution in [0.3, 0.4) is 0 Å². The largest absolute Gasteiger partial charge is 0.497 e. The number of nitrogens with zero attached hydrogens (tertiary/aromatic N) is 1. The van der Waals surface area contributed by atoms with Crippen molar-refractivity contribution in [3.05, 3.63) is 29.8 Å². The molecular weight excluding hydrogens is 250 g/mol. The molecule has 0 spiro atoms. The topological polar surface area (TPSA) is 29.5 Å². The van der Waals surface area contributed by atoms with Crippen LogP contribution in [-0.4, -0.2) is 36.9 Å². The lowest BCUT2D eigenvalue weighted by Crippen LogP contribution is -2.38. The van der Waals surface area contributed by atoms with E-state index in [0.717, 1.165) is 31.7 Å². The first-order valence-electron chi connectivity index (χ1n) is 6.24. The molecule has 2 rings (SSSR count). The van der Waals surface area contributed by atoms with Gasteiger partial charge in [0.2, 0.25) is 0 Å². The third-order valence-corrected chi connectivity index (χ3v) is 3.87. The van der Waals surface area contributed by atoms with Crippen molar-refractivity contribution in [1.29, 1.82) is 0 Å². The van der Waals surface area contributed by atoms with Crippen LogP contribution in [0.4, 0.5) is 0 Å². The molecule has 0 aromatic heterocycles. The quantitative estimate of drug-likeness (QED) is 0.788. The number of amides is 1. The van der Waals surface area contributed by atoms with Crippen LogP contribution >= 0.6 is 11.6 Å². The fraction of sp³-hybridized carbons (Fsp3) is 0.500. The molecule has 18 heavy (non-hydrogen) atoms. The lowest BCUT2D eigenvalue weighted by Gasteiger charge is -2.31. The zero-order valence-corrected chi connectivity index (χ0v) is 11.3. The van der Waals surface area contributed by atoms with Crippen molar-refractivity contribution < 1.29 is 9.53 Å². The molecule has 0 aliphatic carbocycles. The normalized spacial score (nSPS) is 16.7. The Morgan fingerprint density at radius 1 is 1.44 bits per heavy atom. The van der Waals surface area contributed by atoms with E-state index in [1.165, 1.54) is 0 Å². The number of carbonyl (C=O) groups excluding carboxylic acids is 1. The molecule has 0 saturated carbocycles. The van der Waals surface area contributed by atoms with Crippen molar-refractivity contribution in [1.82, 2.24) is 4.90 Å². The van der Waals surface area contributed by atoms with E-state index in [0.29, 0.717) is 17.4 Å². The summed E-state index contributed by atoms with van der Waals surface area (Å²) >= 11 is 5.84. The summed E-state index contributed by atoms with van der Waals surface area (Å²) in [6.45, 7) is 1.60. The fourth-order valence-electron chi connectivity index (χ4n) is 2.23. The molecule has 1 fully saturated rings. The van der Waals surface area contributed by atoms with E-state index in [9.17, 15) is 4.79 Å². The Morgan fingerprint density at radius 3 is 2.78 bits per heavy atom. The highest BCUT2D eigenvalue weighted by Crippen LogP contribution is 2.21. The van der Waals surface area contributed by atoms with Crippen LogP contribution in [0.2, 0.25) is 0 Å². The van der Waals surface area contributed by atoms with Crippen LogP contribution in [0.5, 0.6) is 5.75 Å². The van der Waals surface area contributed by atoms with Crippen molar-refractivity contribution in [3.8, 4) is 5.75 Å². The van der Waals surface area contributed by atoms with Crippen LogP contribution < -0.4 is 4.74 Å². The number of rotatable bonds is 3. The molecular formula is C14H18ClNO2. The van der Waals surface area contributed by atoms with Gasteiger partial charge in [-0.1, -0.05) is 6.07 Å². The van der Waals surface area contributed by atoms with Crippen LogP contribution in [0.25, 0.3) is 0 Å². The summed E-state index contributed by atoms with van der Waals surface area (Å²) in [4.78, 5) is 14.2. The van der Waals surface area contributed by atoms with E-state index in [2.05, 4.69) is 0 Å². The molecule has 1 aromatic carbocycles. The number of hydrogen-bond donors (Lipinski definition) is 0. The van der Waals surface area contributed by atoms with E-state index >= 15 is 0 Å². The molecule has 1 amide bonds. The van der Waals surface area contributed by atoms with Gasteiger partial charge in [-0.2, -0.15) is 0 Å². The second kappa shape index (κ2) is 6.10. The Kier molecular flexibility index (Phi) is 4.48. The van der Waals surface area contributed by atoms with Crippen LogP contribution in [-0.2, 0) is 0 Å². The van der Waals surface area contributed by atoms with E-state index in [-0.39, 0.29) is 5.91 Å². The number of ether oxygens (including phenoxy) is 1. The third kappa shape index (κ3) is 2.96. The molecule has 1 aromatic rings. The average Bonchev–Trinajstić information content (AvgIpc) is 2.46. The Morgan fingerprint density at radius 2 is 2.17 bits per heavy atom. The molecule has 4 heteroatoms. The van der Waals surface area contributed by atoms with Gasteiger partial charge in [0.1, 0.15) is 5.75 Å². The van der Waals surface area contributed by atoms with Gasteiger partial charge in [-0.05, 0) is 37.0 Å². The van der Waals surface area contributed by atoms with Gasteiger partial charge in [0, 0.05) is 24.5 Å². The van der Waals surface area contributed by atoms with Crippen molar-refractivity contribution in [2.75, 3.05) is 26.1 Å². The van der Waals surface area contributed by atoms with Gasteiger partial charge >= 0.3 is 0 Å². The van der Waals surface area contributed by atoms with Gasteiger partial charge < -0.3 is 9.64 Å². The standard InChI is InChI=1S/C14H18ClNO2/c1-18-13-4-2-3-12(9-13)14(17)16-7-5-11(10-15)6-8-16/h2-4,9,11H,5-8,10H2,1H3. The SMILES string of the molecule is COc1cccc(C(=O)N2CCC(CCl)CC2)c1. The Bertz CT molecular complexity index is 414. The molecule has 0 atom stereocenters. The Balaban J connectivity index is 2.03. The van der Waals surface area contributed by atoms with Crippen LogP contribution in [0.15, 0.2) is 24.3 Å². The number of alkyl halides is 1. The van der Waals surface area contributed by atoms with E-state index in [1.807, 2.05) is 23.1 Å². The minimum absolute atomic E-state index is 0.0851. The maximum Gasteiger partial charge on any atom is 0.253 e. The summed E-state index contributed by atoms with van der Waals surface area (Å²) in [5.41, 5.74) is 0.693. The molecule has 0 radical (unpaired) electrons. The third-order valence-electron chi connectivity index (χ3n) is 3.44. The minimum atomic E-state index is 0.0851. The predicted molar refractivity (Wildman–Crippen MR) is 72.3 cm³/mol. The summed E-state index contributed by atoms with van der Waals surface area (Å²) in [5.74, 6) is 2.06. The summed E-state index contributed by atoms with van der Waals surface area (Å²) in [7, 11) is 1.61. The number of methoxy groups -OCH3 is 1. The molecule has 0 bridgehead atoms. The van der Waals surface area contributed by atoms with Crippen molar-refractivity contribution in [2.24, 2.45) is 5.92 Å². The first kappa shape index (κ1) is 13.2. The zero-order valence-electron chi connectivity index (χ0n) is 10.6. The zero-order chi connectivity index (χ0) is 13.0. The first-order valence-corrected chi connectivity index (χ1v) is 6.77. The van der Waals surface area contributed by atoms with Crippen molar-refractivity contribution >= 4 is 17.5 Å². The predicted octanol–water partition coefficient (Wildman–Crippen LogP) is 2.79. The molecule has 1 heterocycles. The fourth-order valence-corrected chi connectivity index (χ4v) is 2.54. The number of benzene rings is 1. The molecule has 1 aliphatic rings. The molecule has 1 saturated heterocycles. The maximum atomic E-state index is 12.3. The Hall–Kier alpha value is -1.22. The van der Waals surface area contributed by atoms with Gasteiger partial charge in [-0.3, -0.25) is 4.79 Å². The minimum Gasteiger partial charge on any atom is -0.497 e. The Labute approximate surface area is 113 Å². The molecule has 0 unspecified atom stereocenters.